The molecule has 0 aliphatic rings. The van der Waals surface area contributed by atoms with Crippen LogP contribution < -0.4 is 16.2 Å². The van der Waals surface area contributed by atoms with Crippen LogP contribution in [0.1, 0.15) is 26.3 Å². The number of benzene rings is 1. The first-order chi connectivity index (χ1) is 9.37. The first kappa shape index (κ1) is 16.0. The van der Waals surface area contributed by atoms with E-state index in [1.54, 1.807) is 20.8 Å². The van der Waals surface area contributed by atoms with Crippen LogP contribution >= 0.6 is 0 Å². The Morgan fingerprint density at radius 1 is 1.15 bits per heavy atom. The highest BCUT2D eigenvalue weighted by atomic mass is 16.6. The maximum atomic E-state index is 11.4. The number of carbonyl (C=O) groups is 2. The van der Waals surface area contributed by atoms with Gasteiger partial charge in [0.2, 0.25) is 0 Å². The van der Waals surface area contributed by atoms with E-state index < -0.39 is 17.6 Å². The Bertz CT molecular complexity index is 441. The summed E-state index contributed by atoms with van der Waals surface area (Å²) in [6.45, 7) is 5.68. The van der Waals surface area contributed by atoms with Crippen molar-refractivity contribution in [2.75, 3.05) is 6.54 Å². The van der Waals surface area contributed by atoms with Crippen LogP contribution in [-0.4, -0.2) is 24.1 Å². The number of rotatable bonds is 5. The minimum absolute atomic E-state index is 0.0873. The minimum Gasteiger partial charge on any atom is -0.459 e. The van der Waals surface area contributed by atoms with Gasteiger partial charge in [-0.25, -0.2) is 10.2 Å². The van der Waals surface area contributed by atoms with Gasteiger partial charge < -0.3 is 10.1 Å². The monoisotopic (exact) mass is 279 g/mol. The number of ether oxygens (including phenoxy) is 1. The van der Waals surface area contributed by atoms with Crippen LogP contribution in [0.25, 0.3) is 0 Å². The Labute approximate surface area is 118 Å². The Kier molecular flexibility index (Phi) is 5.99. The van der Waals surface area contributed by atoms with Gasteiger partial charge in [-0.3, -0.25) is 10.2 Å². The second-order valence-electron chi connectivity index (χ2n) is 5.23. The van der Waals surface area contributed by atoms with Crippen molar-refractivity contribution >= 4 is 12.0 Å². The number of urea groups is 1. The number of amides is 2. The lowest BCUT2D eigenvalue weighted by Gasteiger charge is -2.19. The number of esters is 1. The van der Waals surface area contributed by atoms with Crippen LogP contribution in [0.4, 0.5) is 4.79 Å². The van der Waals surface area contributed by atoms with Crippen LogP contribution in [0.15, 0.2) is 30.3 Å². The highest BCUT2D eigenvalue weighted by Gasteiger charge is 2.15. The lowest BCUT2D eigenvalue weighted by Crippen LogP contribution is -2.46. The topological polar surface area (TPSA) is 79.5 Å². The van der Waals surface area contributed by atoms with Crippen molar-refractivity contribution in [1.82, 2.24) is 16.2 Å². The number of carbonyl (C=O) groups excluding carboxylic acids is 2. The van der Waals surface area contributed by atoms with Crippen molar-refractivity contribution in [1.29, 1.82) is 0 Å². The predicted octanol–water partition coefficient (Wildman–Crippen LogP) is 1.33. The van der Waals surface area contributed by atoms with Crippen molar-refractivity contribution in [3.8, 4) is 0 Å². The maximum Gasteiger partial charge on any atom is 0.329 e. The average Bonchev–Trinajstić information content (AvgIpc) is 2.35. The van der Waals surface area contributed by atoms with Crippen LogP contribution in [0, 0.1) is 0 Å². The van der Waals surface area contributed by atoms with E-state index >= 15 is 0 Å². The molecule has 0 aromatic heterocycles. The van der Waals surface area contributed by atoms with E-state index in [1.165, 1.54) is 0 Å². The summed E-state index contributed by atoms with van der Waals surface area (Å²) in [5.74, 6) is -0.430. The zero-order valence-electron chi connectivity index (χ0n) is 12.0. The van der Waals surface area contributed by atoms with E-state index in [0.717, 1.165) is 5.56 Å². The molecule has 0 unspecified atom stereocenters. The second kappa shape index (κ2) is 7.49. The lowest BCUT2D eigenvalue weighted by atomic mass is 10.2. The first-order valence-electron chi connectivity index (χ1n) is 6.39. The quantitative estimate of drug-likeness (QED) is 0.561. The normalized spacial score (nSPS) is 10.8. The SMILES string of the molecule is CC(C)(C)OC(=O)CNNC(=O)NCc1ccccc1. The van der Waals surface area contributed by atoms with Gasteiger partial charge in [-0.2, -0.15) is 0 Å². The highest BCUT2D eigenvalue weighted by molar-refractivity contribution is 5.75. The van der Waals surface area contributed by atoms with Crippen molar-refractivity contribution in [3.63, 3.8) is 0 Å². The van der Waals surface area contributed by atoms with E-state index in [2.05, 4.69) is 16.2 Å². The van der Waals surface area contributed by atoms with Crippen molar-refractivity contribution in [3.05, 3.63) is 35.9 Å². The molecular weight excluding hydrogens is 258 g/mol. The van der Waals surface area contributed by atoms with Gasteiger partial charge in [-0.05, 0) is 26.3 Å². The molecule has 0 saturated heterocycles. The molecule has 0 atom stereocenters. The largest absolute Gasteiger partial charge is 0.459 e. The lowest BCUT2D eigenvalue weighted by molar-refractivity contribution is -0.153. The summed E-state index contributed by atoms with van der Waals surface area (Å²) in [7, 11) is 0. The minimum atomic E-state index is -0.533. The highest BCUT2D eigenvalue weighted by Crippen LogP contribution is 2.05. The summed E-state index contributed by atoms with van der Waals surface area (Å²) >= 11 is 0. The molecule has 0 fully saturated rings. The first-order valence-corrected chi connectivity index (χ1v) is 6.39. The van der Waals surface area contributed by atoms with Gasteiger partial charge in [0, 0.05) is 6.54 Å². The van der Waals surface area contributed by atoms with E-state index in [0.29, 0.717) is 6.54 Å². The molecule has 2 amide bonds. The smallest absolute Gasteiger partial charge is 0.329 e. The fourth-order valence-electron chi connectivity index (χ4n) is 1.40. The molecule has 6 nitrogen and oxygen atoms in total. The van der Waals surface area contributed by atoms with Gasteiger partial charge in [0.25, 0.3) is 0 Å². The van der Waals surface area contributed by atoms with Gasteiger partial charge in [-0.15, -0.1) is 0 Å². The summed E-state index contributed by atoms with van der Waals surface area (Å²) in [5.41, 5.74) is 5.34. The van der Waals surface area contributed by atoms with Crippen molar-refractivity contribution in [2.45, 2.75) is 32.9 Å². The van der Waals surface area contributed by atoms with Gasteiger partial charge >= 0.3 is 12.0 Å². The summed E-state index contributed by atoms with van der Waals surface area (Å²) in [4.78, 5) is 22.8. The Hall–Kier alpha value is -2.08. The standard InChI is InChI=1S/C14H21N3O3/c1-14(2,3)20-12(18)10-16-17-13(19)15-9-11-7-5-4-6-8-11/h4-8,16H,9-10H2,1-3H3,(H2,15,17,19). The van der Waals surface area contributed by atoms with Gasteiger partial charge in [0.15, 0.2) is 0 Å². The molecule has 0 bridgehead atoms. The van der Waals surface area contributed by atoms with Crippen LogP contribution in [0.5, 0.6) is 0 Å². The third-order valence-corrected chi connectivity index (χ3v) is 2.15. The van der Waals surface area contributed by atoms with Crippen LogP contribution in [0.3, 0.4) is 0 Å². The molecule has 0 spiro atoms. The number of nitrogens with one attached hydrogen (secondary N) is 3. The number of hydrogen-bond donors (Lipinski definition) is 3. The third kappa shape index (κ3) is 7.38. The van der Waals surface area contributed by atoms with E-state index in [9.17, 15) is 9.59 Å². The molecule has 20 heavy (non-hydrogen) atoms. The molecule has 110 valence electrons. The molecule has 1 aromatic carbocycles. The van der Waals surface area contributed by atoms with Gasteiger partial charge in [0.05, 0.1) is 0 Å². The van der Waals surface area contributed by atoms with Crippen LogP contribution in [-0.2, 0) is 16.1 Å². The fourth-order valence-corrected chi connectivity index (χ4v) is 1.40. The Balaban J connectivity index is 2.16. The van der Waals surface area contributed by atoms with Gasteiger partial charge in [0.1, 0.15) is 12.1 Å². The summed E-state index contributed by atoms with van der Waals surface area (Å²) in [6, 6.07) is 9.12. The summed E-state index contributed by atoms with van der Waals surface area (Å²) < 4.78 is 5.08. The molecular formula is C14H21N3O3. The van der Waals surface area contributed by atoms with Crippen molar-refractivity contribution < 1.29 is 14.3 Å². The molecule has 0 saturated carbocycles. The predicted molar refractivity (Wildman–Crippen MR) is 75.7 cm³/mol. The molecule has 0 aliphatic carbocycles. The Morgan fingerprint density at radius 2 is 1.80 bits per heavy atom. The van der Waals surface area contributed by atoms with E-state index in [-0.39, 0.29) is 6.54 Å². The summed E-state index contributed by atoms with van der Waals surface area (Å²) in [6.07, 6.45) is 0. The fraction of sp³-hybridized carbons (Fsp3) is 0.429. The zero-order chi connectivity index (χ0) is 15.0. The number of hydrazine groups is 1. The van der Waals surface area contributed by atoms with E-state index in [1.807, 2.05) is 30.3 Å². The summed E-state index contributed by atoms with van der Waals surface area (Å²) in [5, 5.41) is 2.66. The number of hydrogen-bond acceptors (Lipinski definition) is 4. The maximum absolute atomic E-state index is 11.4. The van der Waals surface area contributed by atoms with Gasteiger partial charge in [-0.1, -0.05) is 30.3 Å². The molecule has 6 heteroatoms. The Morgan fingerprint density at radius 3 is 2.40 bits per heavy atom. The van der Waals surface area contributed by atoms with Crippen molar-refractivity contribution in [2.24, 2.45) is 0 Å². The molecule has 1 aromatic rings. The zero-order valence-corrected chi connectivity index (χ0v) is 12.0. The molecule has 3 N–H and O–H groups in total. The molecule has 0 heterocycles. The third-order valence-electron chi connectivity index (χ3n) is 2.15. The molecule has 0 aliphatic heterocycles. The van der Waals surface area contributed by atoms with E-state index in [4.69, 9.17) is 4.74 Å². The molecule has 0 radical (unpaired) electrons. The van der Waals surface area contributed by atoms with Crippen LogP contribution in [0.2, 0.25) is 0 Å². The average molecular weight is 279 g/mol. The molecule has 1 rings (SSSR count). The second-order valence-corrected chi connectivity index (χ2v) is 5.23.